The second-order valence-electron chi connectivity index (χ2n) is 25.0. The fourth-order valence-electron chi connectivity index (χ4n) is 14.2. The van der Waals surface area contributed by atoms with E-state index in [1.54, 1.807) is 29.2 Å². The normalized spacial score (nSPS) is 20.5. The molecule has 452 valence electrons. The minimum Gasteiger partial charge on any atom is -0.366 e. The van der Waals surface area contributed by atoms with Crippen molar-refractivity contribution >= 4 is 95.7 Å². The van der Waals surface area contributed by atoms with Crippen molar-refractivity contribution in [1.82, 2.24) is 20.4 Å². The van der Waals surface area contributed by atoms with E-state index in [0.717, 1.165) is 128 Å². The van der Waals surface area contributed by atoms with Crippen LogP contribution in [0.25, 0.3) is 21.5 Å². The molecule has 2 unspecified atom stereocenters. The van der Waals surface area contributed by atoms with E-state index in [9.17, 15) is 37.5 Å². The van der Waals surface area contributed by atoms with Gasteiger partial charge in [-0.2, -0.15) is 0 Å². The lowest BCUT2D eigenvalue weighted by atomic mass is 9.95. The molecule has 8 aliphatic rings. The van der Waals surface area contributed by atoms with Gasteiger partial charge in [-0.3, -0.25) is 54.1 Å². The molecule has 17 heteroatoms. The van der Waals surface area contributed by atoms with E-state index in [2.05, 4.69) is 118 Å². The zero-order valence-corrected chi connectivity index (χ0v) is 50.8. The summed E-state index contributed by atoms with van der Waals surface area (Å²) in [6.07, 6.45) is 7.80. The highest BCUT2D eigenvalue weighted by atomic mass is 79.9. The summed E-state index contributed by atoms with van der Waals surface area (Å²) in [4.78, 5) is 82.2. The van der Waals surface area contributed by atoms with Crippen LogP contribution in [0.4, 0.5) is 31.5 Å². The third-order valence-corrected chi connectivity index (χ3v) is 20.2. The quantitative estimate of drug-likeness (QED) is 0.0842. The molecule has 6 amide bonds. The molecule has 6 aliphatic heterocycles. The lowest BCUT2D eigenvalue weighted by molar-refractivity contribution is -0.135. The molecule has 8 aromatic carbocycles. The number of amides is 6. The van der Waals surface area contributed by atoms with Gasteiger partial charge in [-0.25, -0.2) is 8.78 Å². The number of piperazine rings is 2. The molecule has 16 rings (SSSR count). The van der Waals surface area contributed by atoms with Crippen molar-refractivity contribution in [2.75, 3.05) is 59.3 Å². The number of carbonyl (C=O) groups excluding carboxylic acids is 6. The Morgan fingerprint density at radius 3 is 1.48 bits per heavy atom. The molecule has 0 radical (unpaired) electrons. The molecule has 89 heavy (non-hydrogen) atoms. The van der Waals surface area contributed by atoms with Crippen LogP contribution in [0.1, 0.15) is 105 Å². The lowest BCUT2D eigenvalue weighted by Gasteiger charge is -2.43. The van der Waals surface area contributed by atoms with E-state index < -0.39 is 11.9 Å². The molecule has 8 aromatic rings. The summed E-state index contributed by atoms with van der Waals surface area (Å²) in [6, 6.07) is 51.2. The van der Waals surface area contributed by atoms with Crippen molar-refractivity contribution in [3.05, 3.63) is 214 Å². The summed E-state index contributed by atoms with van der Waals surface area (Å²) in [6.45, 7) is 7.09. The number of imide groups is 2. The summed E-state index contributed by atoms with van der Waals surface area (Å²) < 4.78 is 28.8. The highest BCUT2D eigenvalue weighted by Crippen LogP contribution is 2.48. The van der Waals surface area contributed by atoms with Crippen molar-refractivity contribution < 1.29 is 37.5 Å². The largest absolute Gasteiger partial charge is 0.366 e. The average molecular weight is 1260 g/mol. The smallest absolute Gasteiger partial charge is 0.259 e. The van der Waals surface area contributed by atoms with E-state index >= 15 is 0 Å². The second kappa shape index (κ2) is 23.7. The summed E-state index contributed by atoms with van der Waals surface area (Å²) in [5, 5.41) is 11.6. The molecule has 4 saturated heterocycles. The van der Waals surface area contributed by atoms with Gasteiger partial charge < -0.3 is 15.1 Å². The Labute approximate surface area is 523 Å². The first kappa shape index (κ1) is 58.1. The van der Waals surface area contributed by atoms with Gasteiger partial charge in [0, 0.05) is 104 Å². The van der Waals surface area contributed by atoms with Crippen LogP contribution in [0.5, 0.6) is 0 Å². The fourth-order valence-corrected chi connectivity index (χ4v) is 14.6. The van der Waals surface area contributed by atoms with Crippen LogP contribution in [0, 0.1) is 11.6 Å². The van der Waals surface area contributed by atoms with Crippen LogP contribution in [-0.4, -0.2) is 106 Å². The SMILES string of the molecule is O=C1CCC(Br)C(=O)N1.O=C1CCC(N2C(=O)c3cccc4c(Cc5ccc(CN6CCN(c7ccccc7F)CC67CC7)cc5)ccc2c34)C(=O)N1.O=C1Nc2ccc(Cc3ccc(CN4CCN(c5ccccc5F)CC45CC5)cc3)c3cccc1c23. The highest BCUT2D eigenvalue weighted by molar-refractivity contribution is 9.10. The fraction of sp³-hybridized carbons (Fsp3) is 0.306. The predicted molar refractivity (Wildman–Crippen MR) is 344 cm³/mol. The van der Waals surface area contributed by atoms with Crippen LogP contribution >= 0.6 is 15.9 Å². The zero-order chi connectivity index (χ0) is 61.1. The lowest BCUT2D eigenvalue weighted by Crippen LogP contribution is -2.54. The first-order valence-corrected chi connectivity index (χ1v) is 31.8. The van der Waals surface area contributed by atoms with Gasteiger partial charge in [0.1, 0.15) is 17.7 Å². The Kier molecular flexibility index (Phi) is 15.5. The third kappa shape index (κ3) is 11.5. The second-order valence-corrected chi connectivity index (χ2v) is 26.1. The van der Waals surface area contributed by atoms with Crippen LogP contribution in [0.15, 0.2) is 158 Å². The number of nitrogens with one attached hydrogen (secondary N) is 3. The number of anilines is 4. The van der Waals surface area contributed by atoms with E-state index in [4.69, 9.17) is 0 Å². The van der Waals surface area contributed by atoms with Gasteiger partial charge in [0.25, 0.3) is 11.8 Å². The van der Waals surface area contributed by atoms with Crippen molar-refractivity contribution in [3.8, 4) is 0 Å². The molecule has 2 atom stereocenters. The van der Waals surface area contributed by atoms with Crippen molar-refractivity contribution in [1.29, 1.82) is 0 Å². The summed E-state index contributed by atoms with van der Waals surface area (Å²) in [5.74, 6) is -1.58. The maximum absolute atomic E-state index is 14.5. The molecule has 2 aliphatic carbocycles. The van der Waals surface area contributed by atoms with Gasteiger partial charge in [0.15, 0.2) is 0 Å². The average Bonchev–Trinajstić information content (AvgIpc) is 1.68. The van der Waals surface area contributed by atoms with Crippen LogP contribution in [0.2, 0.25) is 0 Å². The van der Waals surface area contributed by atoms with Crippen molar-refractivity contribution in [2.24, 2.45) is 0 Å². The van der Waals surface area contributed by atoms with E-state index in [1.807, 2.05) is 66.7 Å². The van der Waals surface area contributed by atoms with Gasteiger partial charge >= 0.3 is 0 Å². The van der Waals surface area contributed by atoms with Gasteiger partial charge in [0.05, 0.1) is 21.9 Å². The molecule has 0 aromatic heterocycles. The number of piperidine rings is 2. The van der Waals surface area contributed by atoms with Crippen LogP contribution in [0.3, 0.4) is 0 Å². The molecule has 3 N–H and O–H groups in total. The number of benzene rings is 8. The first-order valence-electron chi connectivity index (χ1n) is 30.9. The summed E-state index contributed by atoms with van der Waals surface area (Å²) in [7, 11) is 0. The Morgan fingerprint density at radius 1 is 0.472 bits per heavy atom. The van der Waals surface area contributed by atoms with E-state index in [0.29, 0.717) is 30.5 Å². The maximum atomic E-state index is 14.5. The van der Waals surface area contributed by atoms with Crippen LogP contribution < -0.4 is 30.7 Å². The Hall–Kier alpha value is -8.64. The molecule has 6 heterocycles. The zero-order valence-electron chi connectivity index (χ0n) is 49.2. The Balaban J connectivity index is 0.000000139. The van der Waals surface area contributed by atoms with Gasteiger partial charge in [-0.05, 0) is 144 Å². The minimum absolute atomic E-state index is 0.0136. The number of rotatable bonds is 11. The number of hydrogen-bond donors (Lipinski definition) is 3. The van der Waals surface area contributed by atoms with Gasteiger partial charge in [-0.1, -0.05) is 125 Å². The number of hydrogen-bond acceptors (Lipinski definition) is 10. The third-order valence-electron chi connectivity index (χ3n) is 19.3. The van der Waals surface area contributed by atoms with Gasteiger partial charge in [0.2, 0.25) is 23.6 Å². The van der Waals surface area contributed by atoms with Gasteiger partial charge in [-0.15, -0.1) is 0 Å². The number of alkyl halides is 1. The first-order chi connectivity index (χ1) is 43.2. The minimum atomic E-state index is -0.688. The van der Waals surface area contributed by atoms with Crippen molar-refractivity contribution in [2.45, 2.75) is 99.2 Å². The highest BCUT2D eigenvalue weighted by Gasteiger charge is 2.52. The molecular formula is C72H67BrF2N8O6. The standard InChI is InChI=1S/C36H33FN4O3.C31H28FN3O.C5H6BrNO2/c37-28-6-1-2-7-29(28)39-18-19-40(36(22-39)16-17-36)21-24-10-8-23(9-11-24)20-25-12-13-30-33-26(25)4-3-5-27(33)35(44)41(30)31-14-15-32(42)38-34(31)43;32-26-6-1-2-7-28(26)34-16-17-35(31(20-34)14-15-31)19-22-10-8-21(9-11-22)18-23-12-13-27-29-24(23)4-3-5-25(29)30(36)33-27;6-3-1-2-4(8)7-5(3)9/h1-13,31H,14-22H2,(H,38,42,43);1-13H,14-20H2,(H,33,36);3H,1-2H2,(H,7,8,9). The van der Waals surface area contributed by atoms with E-state index in [-0.39, 0.29) is 63.5 Å². The monoisotopic (exact) mass is 1260 g/mol. The Morgan fingerprint density at radius 2 is 0.966 bits per heavy atom. The number of para-hydroxylation sites is 2. The Bertz CT molecular complexity index is 4170. The number of nitrogens with zero attached hydrogens (tertiary/aromatic N) is 5. The summed E-state index contributed by atoms with van der Waals surface area (Å²) >= 11 is 3.12. The number of carbonyl (C=O) groups is 6. The molecular weight excluding hydrogens is 1190 g/mol. The van der Waals surface area contributed by atoms with Crippen molar-refractivity contribution in [3.63, 3.8) is 0 Å². The number of halogens is 3. The van der Waals surface area contributed by atoms with E-state index in [1.165, 1.54) is 40.7 Å². The molecule has 6 fully saturated rings. The summed E-state index contributed by atoms with van der Waals surface area (Å²) in [5.41, 5.74) is 12.2. The predicted octanol–water partition coefficient (Wildman–Crippen LogP) is 11.4. The topological polar surface area (TPSA) is 155 Å². The molecule has 2 saturated carbocycles. The molecule has 0 bridgehead atoms. The van der Waals surface area contributed by atoms with Crippen LogP contribution in [-0.2, 0) is 45.1 Å². The maximum Gasteiger partial charge on any atom is 0.259 e. The molecule has 14 nitrogen and oxygen atoms in total. The molecule has 2 spiro atoms.